The molecule has 2 rings (SSSR count). The Morgan fingerprint density at radius 3 is 2.13 bits per heavy atom. The van der Waals surface area contributed by atoms with Gasteiger partial charge >= 0.3 is 0 Å². The van der Waals surface area contributed by atoms with Gasteiger partial charge in [-0.3, -0.25) is 4.79 Å². The number of benzene rings is 2. The molecule has 0 atom stereocenters. The van der Waals surface area contributed by atoms with Gasteiger partial charge in [0.15, 0.2) is 9.84 Å². The summed E-state index contributed by atoms with van der Waals surface area (Å²) in [5.74, 6) is -1.15. The van der Waals surface area contributed by atoms with Crippen LogP contribution in [0.2, 0.25) is 0 Å². The van der Waals surface area contributed by atoms with E-state index < -0.39 is 21.5 Å². The summed E-state index contributed by atoms with van der Waals surface area (Å²) in [5, 5.41) is 2.73. The molecule has 5 heteroatoms. The van der Waals surface area contributed by atoms with E-state index in [2.05, 4.69) is 5.32 Å². The summed E-state index contributed by atoms with van der Waals surface area (Å²) in [6.45, 7) is 5.78. The van der Waals surface area contributed by atoms with Crippen LogP contribution in [0.3, 0.4) is 0 Å². The predicted octanol–water partition coefficient (Wildman–Crippen LogP) is 3.17. The standard InChI is InChI=1S/C18H21NO3S/c1-13-9-14(2)18(15(3)10-13)19-17(20)12-23(21,22)11-16-7-5-4-6-8-16/h4-10H,11-12H2,1-3H3,(H,19,20). The van der Waals surface area contributed by atoms with Gasteiger partial charge < -0.3 is 5.32 Å². The first-order valence-corrected chi connectivity index (χ1v) is 9.21. The number of carbonyl (C=O) groups excluding carboxylic acids is 1. The molecule has 1 N–H and O–H groups in total. The Morgan fingerprint density at radius 2 is 1.57 bits per heavy atom. The van der Waals surface area contributed by atoms with Crippen molar-refractivity contribution in [2.24, 2.45) is 0 Å². The molecule has 0 fully saturated rings. The van der Waals surface area contributed by atoms with E-state index in [4.69, 9.17) is 0 Å². The molecule has 0 saturated carbocycles. The number of amides is 1. The first-order valence-electron chi connectivity index (χ1n) is 7.39. The zero-order valence-corrected chi connectivity index (χ0v) is 14.4. The third kappa shape index (κ3) is 4.93. The number of nitrogens with one attached hydrogen (secondary N) is 1. The highest BCUT2D eigenvalue weighted by Crippen LogP contribution is 2.22. The molecular formula is C18H21NO3S. The summed E-state index contributed by atoms with van der Waals surface area (Å²) in [7, 11) is -3.50. The summed E-state index contributed by atoms with van der Waals surface area (Å²) in [6.07, 6.45) is 0. The average molecular weight is 331 g/mol. The van der Waals surface area contributed by atoms with Gasteiger partial charge in [0, 0.05) is 5.69 Å². The summed E-state index contributed by atoms with van der Waals surface area (Å²) in [4.78, 5) is 12.1. The normalized spacial score (nSPS) is 11.3. The molecule has 0 aliphatic carbocycles. The largest absolute Gasteiger partial charge is 0.325 e. The Kier molecular flexibility index (Phi) is 5.21. The van der Waals surface area contributed by atoms with Crippen LogP contribution >= 0.6 is 0 Å². The highest BCUT2D eigenvalue weighted by atomic mass is 32.2. The Hall–Kier alpha value is -2.14. The Bertz CT molecular complexity index is 788. The topological polar surface area (TPSA) is 63.2 Å². The Balaban J connectivity index is 2.07. The lowest BCUT2D eigenvalue weighted by Crippen LogP contribution is -2.24. The summed E-state index contributed by atoms with van der Waals surface area (Å²) in [6, 6.07) is 12.8. The van der Waals surface area contributed by atoms with Gasteiger partial charge in [-0.2, -0.15) is 0 Å². The fourth-order valence-electron chi connectivity index (χ4n) is 2.63. The lowest BCUT2D eigenvalue weighted by molar-refractivity contribution is -0.113. The molecule has 0 aromatic heterocycles. The molecule has 1 amide bonds. The molecule has 2 aromatic rings. The van der Waals surface area contributed by atoms with Crippen molar-refractivity contribution in [3.63, 3.8) is 0 Å². The average Bonchev–Trinajstić information content (AvgIpc) is 2.42. The third-order valence-electron chi connectivity index (χ3n) is 3.52. The molecule has 122 valence electrons. The van der Waals surface area contributed by atoms with Gasteiger partial charge in [0.1, 0.15) is 5.75 Å². The third-order valence-corrected chi connectivity index (χ3v) is 5.00. The molecule has 0 bridgehead atoms. The van der Waals surface area contributed by atoms with E-state index in [1.54, 1.807) is 24.3 Å². The van der Waals surface area contributed by atoms with Crippen LogP contribution in [0, 0.1) is 20.8 Å². The number of hydrogen-bond acceptors (Lipinski definition) is 3. The van der Waals surface area contributed by atoms with Crippen molar-refractivity contribution in [2.45, 2.75) is 26.5 Å². The van der Waals surface area contributed by atoms with E-state index >= 15 is 0 Å². The van der Waals surface area contributed by atoms with Gasteiger partial charge in [0.2, 0.25) is 5.91 Å². The number of aryl methyl sites for hydroxylation is 3. The summed E-state index contributed by atoms with van der Waals surface area (Å²) < 4.78 is 24.3. The van der Waals surface area contributed by atoms with Gasteiger partial charge in [0.25, 0.3) is 0 Å². The van der Waals surface area contributed by atoms with Crippen molar-refractivity contribution in [1.82, 2.24) is 0 Å². The van der Waals surface area contributed by atoms with Gasteiger partial charge in [-0.05, 0) is 37.5 Å². The van der Waals surface area contributed by atoms with Crippen LogP contribution in [-0.4, -0.2) is 20.1 Å². The number of rotatable bonds is 5. The summed E-state index contributed by atoms with van der Waals surface area (Å²) >= 11 is 0. The molecule has 0 saturated heterocycles. The number of sulfone groups is 1. The molecule has 0 aliphatic rings. The fourth-order valence-corrected chi connectivity index (χ4v) is 3.91. The minimum absolute atomic E-state index is 0.132. The number of hydrogen-bond donors (Lipinski definition) is 1. The fraction of sp³-hybridized carbons (Fsp3) is 0.278. The molecule has 0 heterocycles. The monoisotopic (exact) mass is 331 g/mol. The zero-order valence-electron chi connectivity index (χ0n) is 13.6. The predicted molar refractivity (Wildman–Crippen MR) is 93.2 cm³/mol. The van der Waals surface area contributed by atoms with Crippen LogP contribution < -0.4 is 5.32 Å². The highest BCUT2D eigenvalue weighted by molar-refractivity contribution is 7.91. The van der Waals surface area contributed by atoms with Gasteiger partial charge in [0.05, 0.1) is 5.75 Å². The highest BCUT2D eigenvalue weighted by Gasteiger charge is 2.18. The smallest absolute Gasteiger partial charge is 0.239 e. The molecule has 0 aliphatic heterocycles. The van der Waals surface area contributed by atoms with Crippen LogP contribution in [0.4, 0.5) is 5.69 Å². The quantitative estimate of drug-likeness (QED) is 0.915. The SMILES string of the molecule is Cc1cc(C)c(NC(=O)CS(=O)(=O)Cc2ccccc2)c(C)c1. The first kappa shape index (κ1) is 17.2. The Morgan fingerprint density at radius 1 is 1.00 bits per heavy atom. The van der Waals surface area contributed by atoms with Crippen LogP contribution in [-0.2, 0) is 20.4 Å². The van der Waals surface area contributed by atoms with Gasteiger partial charge in [-0.15, -0.1) is 0 Å². The Labute approximate surface area is 137 Å². The maximum absolute atomic E-state index is 12.2. The second-order valence-electron chi connectivity index (χ2n) is 5.84. The molecule has 4 nitrogen and oxygen atoms in total. The molecule has 2 aromatic carbocycles. The minimum atomic E-state index is -3.50. The minimum Gasteiger partial charge on any atom is -0.325 e. The number of carbonyl (C=O) groups is 1. The molecule has 0 spiro atoms. The lowest BCUT2D eigenvalue weighted by atomic mass is 10.1. The molecular weight excluding hydrogens is 310 g/mol. The molecule has 23 heavy (non-hydrogen) atoms. The van der Waals surface area contributed by atoms with Crippen molar-refractivity contribution < 1.29 is 13.2 Å². The van der Waals surface area contributed by atoms with Crippen LogP contribution in [0.25, 0.3) is 0 Å². The van der Waals surface area contributed by atoms with Gasteiger partial charge in [-0.25, -0.2) is 8.42 Å². The summed E-state index contributed by atoms with van der Waals surface area (Å²) in [5.41, 5.74) is 4.33. The van der Waals surface area contributed by atoms with E-state index in [9.17, 15) is 13.2 Å². The maximum Gasteiger partial charge on any atom is 0.239 e. The van der Waals surface area contributed by atoms with E-state index in [1.165, 1.54) is 0 Å². The second kappa shape index (κ2) is 6.96. The maximum atomic E-state index is 12.2. The van der Waals surface area contributed by atoms with Crippen molar-refractivity contribution in [1.29, 1.82) is 0 Å². The van der Waals surface area contributed by atoms with Crippen molar-refractivity contribution >= 4 is 21.4 Å². The lowest BCUT2D eigenvalue weighted by Gasteiger charge is -2.13. The number of anilines is 1. The van der Waals surface area contributed by atoms with Crippen molar-refractivity contribution in [3.05, 3.63) is 64.7 Å². The van der Waals surface area contributed by atoms with Crippen LogP contribution in [0.15, 0.2) is 42.5 Å². The van der Waals surface area contributed by atoms with Crippen LogP contribution in [0.5, 0.6) is 0 Å². The van der Waals surface area contributed by atoms with E-state index in [0.29, 0.717) is 11.3 Å². The van der Waals surface area contributed by atoms with Crippen molar-refractivity contribution in [3.8, 4) is 0 Å². The second-order valence-corrected chi connectivity index (χ2v) is 7.90. The first-order chi connectivity index (χ1) is 10.8. The van der Waals surface area contributed by atoms with Crippen LogP contribution in [0.1, 0.15) is 22.3 Å². The van der Waals surface area contributed by atoms with E-state index in [0.717, 1.165) is 16.7 Å². The molecule has 0 radical (unpaired) electrons. The van der Waals surface area contributed by atoms with E-state index in [1.807, 2.05) is 39.0 Å². The van der Waals surface area contributed by atoms with E-state index in [-0.39, 0.29) is 5.75 Å². The molecule has 0 unspecified atom stereocenters. The van der Waals surface area contributed by atoms with Gasteiger partial charge in [-0.1, -0.05) is 48.0 Å². The zero-order chi connectivity index (χ0) is 17.0. The van der Waals surface area contributed by atoms with Crippen molar-refractivity contribution in [2.75, 3.05) is 11.1 Å².